The zero-order chi connectivity index (χ0) is 15.9. The molecule has 22 heavy (non-hydrogen) atoms. The number of aryl methyl sites for hydroxylation is 2. The van der Waals surface area contributed by atoms with E-state index >= 15 is 0 Å². The summed E-state index contributed by atoms with van der Waals surface area (Å²) in [5.74, 6) is 0. The van der Waals surface area contributed by atoms with Crippen LogP contribution in [0.4, 0.5) is 0 Å². The molecule has 2 heterocycles. The Hall–Kier alpha value is -2.47. The molecule has 2 aromatic heterocycles. The number of benzene rings is 1. The highest BCUT2D eigenvalue weighted by Gasteiger charge is 2.05. The summed E-state index contributed by atoms with van der Waals surface area (Å²) in [5, 5.41) is 0.830. The number of rotatable bonds is 2. The van der Waals surface area contributed by atoms with Crippen LogP contribution < -0.4 is 11.2 Å². The monoisotopic (exact) mass is 313 g/mol. The van der Waals surface area contributed by atoms with Gasteiger partial charge in [0.2, 0.25) is 0 Å². The fourth-order valence-electron chi connectivity index (χ4n) is 2.24. The number of hydrogen-bond donors (Lipinski definition) is 0. The van der Waals surface area contributed by atoms with Crippen molar-refractivity contribution in [3.05, 3.63) is 61.4 Å². The van der Waals surface area contributed by atoms with Gasteiger partial charge in [0.1, 0.15) is 5.01 Å². The molecule has 0 aliphatic carbocycles. The van der Waals surface area contributed by atoms with Gasteiger partial charge in [0.25, 0.3) is 5.56 Å². The summed E-state index contributed by atoms with van der Waals surface area (Å²) < 4.78 is 3.60. The lowest BCUT2D eigenvalue weighted by atomic mass is 10.2. The van der Waals surface area contributed by atoms with Gasteiger partial charge in [-0.1, -0.05) is 6.07 Å². The maximum atomic E-state index is 12.1. The molecule has 0 saturated carbocycles. The predicted molar refractivity (Wildman–Crippen MR) is 90.2 cm³/mol. The minimum Gasteiger partial charge on any atom is -0.303 e. The smallest absolute Gasteiger partial charge is 0.303 e. The van der Waals surface area contributed by atoms with Crippen molar-refractivity contribution in [1.29, 1.82) is 0 Å². The van der Waals surface area contributed by atoms with Crippen molar-refractivity contribution in [2.24, 2.45) is 14.1 Å². The van der Waals surface area contributed by atoms with Crippen molar-refractivity contribution in [2.45, 2.75) is 6.92 Å². The molecule has 1 aromatic carbocycles. The van der Waals surface area contributed by atoms with Crippen LogP contribution in [0, 0.1) is 6.92 Å². The summed E-state index contributed by atoms with van der Waals surface area (Å²) in [6, 6.07) is 6.13. The van der Waals surface area contributed by atoms with Gasteiger partial charge in [-0.2, -0.15) is 0 Å². The molecule has 0 N–H and O–H groups in total. The molecule has 112 valence electrons. The van der Waals surface area contributed by atoms with E-state index in [2.05, 4.69) is 11.1 Å². The van der Waals surface area contributed by atoms with Gasteiger partial charge in [0.15, 0.2) is 0 Å². The second-order valence-corrected chi connectivity index (χ2v) is 6.26. The summed E-state index contributed by atoms with van der Waals surface area (Å²) in [6.45, 7) is 2.03. The Morgan fingerprint density at radius 1 is 1.18 bits per heavy atom. The molecule has 0 saturated heterocycles. The van der Waals surface area contributed by atoms with Crippen molar-refractivity contribution in [2.75, 3.05) is 0 Å². The molecule has 0 bridgehead atoms. The average molecular weight is 313 g/mol. The third kappa shape index (κ3) is 2.53. The first-order valence-electron chi connectivity index (χ1n) is 6.77. The van der Waals surface area contributed by atoms with Crippen molar-refractivity contribution < 1.29 is 0 Å². The van der Waals surface area contributed by atoms with E-state index in [1.165, 1.54) is 17.2 Å². The molecule has 3 aromatic rings. The fraction of sp³-hybridized carbons (Fsp3) is 0.188. The topological polar surface area (TPSA) is 56.9 Å². The molecule has 0 radical (unpaired) electrons. The summed E-state index contributed by atoms with van der Waals surface area (Å²) in [4.78, 5) is 28.3. The number of thiazole rings is 1. The largest absolute Gasteiger partial charge is 0.330 e. The van der Waals surface area contributed by atoms with Gasteiger partial charge in [0.05, 0.1) is 15.8 Å². The molecule has 6 heteroatoms. The summed E-state index contributed by atoms with van der Waals surface area (Å²) in [5.41, 5.74) is 1.94. The quantitative estimate of drug-likeness (QED) is 0.728. The van der Waals surface area contributed by atoms with Crippen LogP contribution in [-0.2, 0) is 14.1 Å². The Morgan fingerprint density at radius 3 is 2.73 bits per heavy atom. The van der Waals surface area contributed by atoms with Crippen LogP contribution in [-0.4, -0.2) is 14.1 Å². The molecular formula is C16H15N3O2S. The maximum absolute atomic E-state index is 12.1. The minimum absolute atomic E-state index is 0.309. The van der Waals surface area contributed by atoms with E-state index < -0.39 is 0 Å². The molecule has 0 unspecified atom stereocenters. The third-order valence-corrected chi connectivity index (χ3v) is 4.44. The molecule has 0 spiro atoms. The molecule has 0 aliphatic heterocycles. The van der Waals surface area contributed by atoms with E-state index in [-0.39, 0.29) is 11.2 Å². The lowest BCUT2D eigenvalue weighted by Crippen LogP contribution is -2.37. The summed E-state index contributed by atoms with van der Waals surface area (Å²) in [6.07, 6.45) is 5.05. The molecule has 0 atom stereocenters. The zero-order valence-corrected chi connectivity index (χ0v) is 13.3. The van der Waals surface area contributed by atoms with Crippen LogP contribution in [0.5, 0.6) is 0 Å². The van der Waals surface area contributed by atoms with E-state index in [1.54, 1.807) is 36.7 Å². The Kier molecular flexibility index (Phi) is 3.54. The fourth-order valence-corrected chi connectivity index (χ4v) is 3.09. The lowest BCUT2D eigenvalue weighted by molar-refractivity contribution is 0.683. The Morgan fingerprint density at radius 2 is 1.95 bits per heavy atom. The van der Waals surface area contributed by atoms with Crippen LogP contribution in [0.15, 0.2) is 34.0 Å². The Labute approximate surface area is 130 Å². The van der Waals surface area contributed by atoms with Crippen molar-refractivity contribution in [3.63, 3.8) is 0 Å². The number of hydrogen-bond acceptors (Lipinski definition) is 4. The first-order valence-corrected chi connectivity index (χ1v) is 7.59. The van der Waals surface area contributed by atoms with E-state index in [9.17, 15) is 9.59 Å². The normalized spacial score (nSPS) is 11.6. The Balaban J connectivity index is 2.03. The molecule has 5 nitrogen and oxygen atoms in total. The van der Waals surface area contributed by atoms with Crippen molar-refractivity contribution in [3.8, 4) is 0 Å². The summed E-state index contributed by atoms with van der Waals surface area (Å²) >= 11 is 1.57. The minimum atomic E-state index is -0.336. The van der Waals surface area contributed by atoms with Crippen LogP contribution in [0.1, 0.15) is 16.1 Å². The molecule has 0 aliphatic rings. The average Bonchev–Trinajstić information content (AvgIpc) is 2.89. The highest BCUT2D eigenvalue weighted by atomic mass is 32.1. The van der Waals surface area contributed by atoms with E-state index in [4.69, 9.17) is 0 Å². The van der Waals surface area contributed by atoms with Crippen LogP contribution in [0.3, 0.4) is 0 Å². The number of fused-ring (bicyclic) bond motifs is 1. The Bertz CT molecular complexity index is 1010. The van der Waals surface area contributed by atoms with E-state index in [0.29, 0.717) is 5.56 Å². The number of nitrogens with zero attached hydrogens (tertiary/aromatic N) is 3. The molecule has 0 fully saturated rings. The van der Waals surface area contributed by atoms with E-state index in [0.717, 1.165) is 19.8 Å². The maximum Gasteiger partial charge on any atom is 0.330 e. The number of aromatic nitrogens is 3. The van der Waals surface area contributed by atoms with Crippen LogP contribution >= 0.6 is 11.3 Å². The van der Waals surface area contributed by atoms with Crippen LogP contribution in [0.25, 0.3) is 22.4 Å². The zero-order valence-electron chi connectivity index (χ0n) is 12.5. The van der Waals surface area contributed by atoms with Gasteiger partial charge in [0, 0.05) is 20.3 Å². The first kappa shape index (κ1) is 14.5. The van der Waals surface area contributed by atoms with Gasteiger partial charge in [-0.15, -0.1) is 11.3 Å². The summed E-state index contributed by atoms with van der Waals surface area (Å²) in [7, 11) is 3.10. The van der Waals surface area contributed by atoms with Gasteiger partial charge >= 0.3 is 5.69 Å². The van der Waals surface area contributed by atoms with Gasteiger partial charge in [-0.3, -0.25) is 9.36 Å². The predicted octanol–water partition coefficient (Wildman–Crippen LogP) is 2.17. The third-order valence-electron chi connectivity index (χ3n) is 3.44. The molecular weight excluding hydrogens is 298 g/mol. The SMILES string of the molecule is Cc1ccc2sc(/C=C/c3cn(C)c(=O)n(C)c3=O)nc2c1. The molecule has 0 amide bonds. The second kappa shape index (κ2) is 5.38. The van der Waals surface area contributed by atoms with Crippen molar-refractivity contribution in [1.82, 2.24) is 14.1 Å². The highest BCUT2D eigenvalue weighted by molar-refractivity contribution is 7.19. The van der Waals surface area contributed by atoms with Crippen LogP contribution in [0.2, 0.25) is 0 Å². The van der Waals surface area contributed by atoms with Gasteiger partial charge in [-0.05, 0) is 36.8 Å². The van der Waals surface area contributed by atoms with Gasteiger partial charge in [-0.25, -0.2) is 9.78 Å². The first-order chi connectivity index (χ1) is 10.5. The standard InChI is InChI=1S/C16H15N3O2S/c1-10-4-6-13-12(8-10)17-14(22-13)7-5-11-9-18(2)16(21)19(3)15(11)20/h4-9H,1-3H3/b7-5+. The van der Waals surface area contributed by atoms with Gasteiger partial charge < -0.3 is 4.57 Å². The van der Waals surface area contributed by atoms with Crippen molar-refractivity contribution >= 4 is 33.7 Å². The van der Waals surface area contributed by atoms with E-state index in [1.807, 2.05) is 19.1 Å². The highest BCUT2D eigenvalue weighted by Crippen LogP contribution is 2.24. The lowest BCUT2D eigenvalue weighted by Gasteiger charge is -2.02. The second-order valence-electron chi connectivity index (χ2n) is 5.20. The molecule has 3 rings (SSSR count).